The van der Waals surface area contributed by atoms with Crippen molar-refractivity contribution in [1.29, 1.82) is 0 Å². The third-order valence-electron chi connectivity index (χ3n) is 2.98. The number of rotatable bonds is 2. The third-order valence-corrected chi connectivity index (χ3v) is 2.98. The minimum Gasteiger partial charge on any atom is -0.352 e. The average Bonchev–Trinajstić information content (AvgIpc) is 2.75. The molecule has 2 rings (SSSR count). The summed E-state index contributed by atoms with van der Waals surface area (Å²) in [7, 11) is 0. The van der Waals surface area contributed by atoms with Crippen LogP contribution in [-0.4, -0.2) is 35.8 Å². The Morgan fingerprint density at radius 2 is 2.33 bits per heavy atom. The normalized spacial score (nSPS) is 30.5. The molecule has 2 atom stereocenters. The fourth-order valence-corrected chi connectivity index (χ4v) is 2.14. The Balaban J connectivity index is 1.88. The standard InChI is InChI=1S/C11H14N2O2/c1-2-8-5-11(15)13(6-8)7-9-3-4-10(14)12-9/h1,8-9H,3-7H2,(H,12,14)/t8?,9-/m1/s1. The van der Waals surface area contributed by atoms with Crippen LogP contribution in [0.1, 0.15) is 19.3 Å². The topological polar surface area (TPSA) is 49.4 Å². The summed E-state index contributed by atoms with van der Waals surface area (Å²) in [6, 6.07) is 0.123. The maximum atomic E-state index is 11.5. The molecule has 2 aliphatic rings. The van der Waals surface area contributed by atoms with Gasteiger partial charge >= 0.3 is 0 Å². The quantitative estimate of drug-likeness (QED) is 0.633. The van der Waals surface area contributed by atoms with E-state index in [2.05, 4.69) is 11.2 Å². The van der Waals surface area contributed by atoms with Crippen LogP contribution in [0.4, 0.5) is 0 Å². The number of carbonyl (C=O) groups excluding carboxylic acids is 2. The van der Waals surface area contributed by atoms with Crippen molar-refractivity contribution < 1.29 is 9.59 Å². The molecular formula is C11H14N2O2. The van der Waals surface area contributed by atoms with Crippen molar-refractivity contribution in [3.63, 3.8) is 0 Å². The summed E-state index contributed by atoms with van der Waals surface area (Å²) in [6.45, 7) is 1.25. The van der Waals surface area contributed by atoms with Gasteiger partial charge in [-0.1, -0.05) is 0 Å². The Hall–Kier alpha value is -1.50. The summed E-state index contributed by atoms with van der Waals surface area (Å²) in [5.41, 5.74) is 0. The minimum atomic E-state index is 0.0506. The summed E-state index contributed by atoms with van der Waals surface area (Å²) in [5.74, 6) is 2.85. The van der Waals surface area contributed by atoms with Crippen LogP contribution in [0.2, 0.25) is 0 Å². The van der Waals surface area contributed by atoms with Gasteiger partial charge in [-0.2, -0.15) is 0 Å². The van der Waals surface area contributed by atoms with E-state index in [9.17, 15) is 9.59 Å². The number of nitrogens with zero attached hydrogens (tertiary/aromatic N) is 1. The largest absolute Gasteiger partial charge is 0.352 e. The van der Waals surface area contributed by atoms with Crippen molar-refractivity contribution in [1.82, 2.24) is 10.2 Å². The van der Waals surface area contributed by atoms with Gasteiger partial charge in [0.2, 0.25) is 11.8 Å². The summed E-state index contributed by atoms with van der Waals surface area (Å²) in [6.07, 6.45) is 7.14. The molecule has 80 valence electrons. The zero-order valence-electron chi connectivity index (χ0n) is 8.53. The Bertz CT molecular complexity index is 332. The molecule has 1 N–H and O–H groups in total. The summed E-state index contributed by atoms with van der Waals surface area (Å²) < 4.78 is 0. The van der Waals surface area contributed by atoms with Crippen molar-refractivity contribution in [2.75, 3.05) is 13.1 Å². The molecule has 0 aromatic heterocycles. The molecule has 2 heterocycles. The van der Waals surface area contributed by atoms with E-state index in [1.54, 1.807) is 4.90 Å². The lowest BCUT2D eigenvalue weighted by Gasteiger charge is -2.20. The molecule has 2 amide bonds. The number of likely N-dealkylation sites (tertiary alicyclic amines) is 1. The van der Waals surface area contributed by atoms with Gasteiger partial charge in [-0.05, 0) is 6.42 Å². The fraction of sp³-hybridized carbons (Fsp3) is 0.636. The molecule has 2 aliphatic heterocycles. The van der Waals surface area contributed by atoms with Crippen LogP contribution in [0.3, 0.4) is 0 Å². The van der Waals surface area contributed by atoms with Crippen molar-refractivity contribution in [3.8, 4) is 12.3 Å². The highest BCUT2D eigenvalue weighted by molar-refractivity contribution is 5.80. The molecular weight excluding hydrogens is 192 g/mol. The van der Waals surface area contributed by atoms with Crippen LogP contribution < -0.4 is 5.32 Å². The zero-order chi connectivity index (χ0) is 10.8. The fourth-order valence-electron chi connectivity index (χ4n) is 2.14. The first kappa shape index (κ1) is 10.0. The first-order chi connectivity index (χ1) is 7.19. The molecule has 0 saturated carbocycles. The van der Waals surface area contributed by atoms with Gasteiger partial charge in [0.25, 0.3) is 0 Å². The Labute approximate surface area is 89.0 Å². The lowest BCUT2D eigenvalue weighted by molar-refractivity contribution is -0.128. The summed E-state index contributed by atoms with van der Waals surface area (Å²) in [4.78, 5) is 24.3. The highest BCUT2D eigenvalue weighted by Gasteiger charge is 2.31. The lowest BCUT2D eigenvalue weighted by atomic mass is 10.1. The van der Waals surface area contributed by atoms with Gasteiger partial charge in [-0.25, -0.2) is 0 Å². The van der Waals surface area contributed by atoms with Crippen LogP contribution in [0.5, 0.6) is 0 Å². The van der Waals surface area contributed by atoms with E-state index in [0.29, 0.717) is 25.9 Å². The second kappa shape index (κ2) is 3.93. The highest BCUT2D eigenvalue weighted by Crippen LogP contribution is 2.18. The van der Waals surface area contributed by atoms with Crippen molar-refractivity contribution in [3.05, 3.63) is 0 Å². The van der Waals surface area contributed by atoms with Gasteiger partial charge in [0.05, 0.1) is 0 Å². The maximum absolute atomic E-state index is 11.5. The molecule has 15 heavy (non-hydrogen) atoms. The van der Waals surface area contributed by atoms with E-state index >= 15 is 0 Å². The van der Waals surface area contributed by atoms with Crippen LogP contribution in [0.25, 0.3) is 0 Å². The van der Waals surface area contributed by atoms with Crippen molar-refractivity contribution >= 4 is 11.8 Å². The Morgan fingerprint density at radius 1 is 1.53 bits per heavy atom. The maximum Gasteiger partial charge on any atom is 0.223 e. The first-order valence-electron chi connectivity index (χ1n) is 5.22. The monoisotopic (exact) mass is 206 g/mol. The average molecular weight is 206 g/mol. The second-order valence-corrected chi connectivity index (χ2v) is 4.17. The van der Waals surface area contributed by atoms with Gasteiger partial charge in [-0.15, -0.1) is 12.3 Å². The number of hydrogen-bond acceptors (Lipinski definition) is 2. The number of terminal acetylenes is 1. The SMILES string of the molecule is C#CC1CC(=O)N(C[C@H]2CCC(=O)N2)C1. The van der Waals surface area contributed by atoms with Gasteiger partial charge in [-0.3, -0.25) is 9.59 Å². The molecule has 1 unspecified atom stereocenters. The van der Waals surface area contributed by atoms with Crippen LogP contribution >= 0.6 is 0 Å². The first-order valence-corrected chi connectivity index (χ1v) is 5.22. The molecule has 0 aromatic rings. The molecule has 0 bridgehead atoms. The Morgan fingerprint density at radius 3 is 2.87 bits per heavy atom. The highest BCUT2D eigenvalue weighted by atomic mass is 16.2. The van der Waals surface area contributed by atoms with Gasteiger partial charge < -0.3 is 10.2 Å². The molecule has 2 saturated heterocycles. The minimum absolute atomic E-state index is 0.0506. The molecule has 4 nitrogen and oxygen atoms in total. The smallest absolute Gasteiger partial charge is 0.223 e. The zero-order valence-corrected chi connectivity index (χ0v) is 8.53. The second-order valence-electron chi connectivity index (χ2n) is 4.17. The Kier molecular flexibility index (Phi) is 2.63. The summed E-state index contributed by atoms with van der Waals surface area (Å²) >= 11 is 0. The van der Waals surface area contributed by atoms with Crippen LogP contribution in [0, 0.1) is 18.3 Å². The number of hydrogen-bond donors (Lipinski definition) is 1. The number of amides is 2. The van der Waals surface area contributed by atoms with E-state index in [0.717, 1.165) is 6.42 Å². The lowest BCUT2D eigenvalue weighted by Crippen LogP contribution is -2.39. The van der Waals surface area contributed by atoms with Gasteiger partial charge in [0, 0.05) is 37.9 Å². The molecule has 0 aliphatic carbocycles. The third kappa shape index (κ3) is 2.12. The van der Waals surface area contributed by atoms with Crippen LogP contribution in [0.15, 0.2) is 0 Å². The summed E-state index contributed by atoms with van der Waals surface area (Å²) in [5, 5.41) is 2.85. The van der Waals surface area contributed by atoms with Gasteiger partial charge in [0.1, 0.15) is 0 Å². The molecule has 2 fully saturated rings. The predicted octanol–water partition coefficient (Wildman–Crippen LogP) is -0.253. The number of nitrogens with one attached hydrogen (secondary N) is 1. The molecule has 0 spiro atoms. The van der Waals surface area contributed by atoms with E-state index in [1.165, 1.54) is 0 Å². The van der Waals surface area contributed by atoms with E-state index in [4.69, 9.17) is 6.42 Å². The van der Waals surface area contributed by atoms with Crippen molar-refractivity contribution in [2.45, 2.75) is 25.3 Å². The van der Waals surface area contributed by atoms with Gasteiger partial charge in [0.15, 0.2) is 0 Å². The van der Waals surface area contributed by atoms with Crippen molar-refractivity contribution in [2.24, 2.45) is 5.92 Å². The molecule has 0 radical (unpaired) electrons. The molecule has 0 aromatic carbocycles. The van der Waals surface area contributed by atoms with E-state index < -0.39 is 0 Å². The number of carbonyl (C=O) groups is 2. The van der Waals surface area contributed by atoms with E-state index in [1.807, 2.05) is 0 Å². The van der Waals surface area contributed by atoms with E-state index in [-0.39, 0.29) is 23.8 Å². The van der Waals surface area contributed by atoms with Crippen LogP contribution in [-0.2, 0) is 9.59 Å². The molecule has 4 heteroatoms. The predicted molar refractivity (Wildman–Crippen MR) is 54.7 cm³/mol.